The number of fused-ring (bicyclic) bond motifs is 1. The monoisotopic (exact) mass is 364 g/mol. The highest BCUT2D eigenvalue weighted by molar-refractivity contribution is 7.95. The Morgan fingerprint density at radius 2 is 1.88 bits per heavy atom. The van der Waals surface area contributed by atoms with E-state index >= 15 is 0 Å². The van der Waals surface area contributed by atoms with Crippen molar-refractivity contribution < 1.29 is 18.0 Å². The lowest BCUT2D eigenvalue weighted by molar-refractivity contribution is -0.115. The summed E-state index contributed by atoms with van der Waals surface area (Å²) in [5, 5.41) is 0.986. The summed E-state index contributed by atoms with van der Waals surface area (Å²) < 4.78 is 26.2. The molecule has 1 N–H and O–H groups in total. The van der Waals surface area contributed by atoms with E-state index < -0.39 is 27.0 Å². The molecule has 124 valence electrons. The third-order valence-corrected chi connectivity index (χ3v) is 5.98. The molecule has 1 aliphatic rings. The predicted molar refractivity (Wildman–Crippen MR) is 92.0 cm³/mol. The molecule has 0 bridgehead atoms. The van der Waals surface area contributed by atoms with Crippen LogP contribution < -0.4 is 9.62 Å². The van der Waals surface area contributed by atoms with Crippen molar-refractivity contribution >= 4 is 44.7 Å². The van der Waals surface area contributed by atoms with Gasteiger partial charge in [0.1, 0.15) is 0 Å². The number of anilines is 2. The second-order valence-corrected chi connectivity index (χ2v) is 7.76. The molecular formula is C16H13ClN2O4S. The standard InChI is InChI=1S/C16H13ClN2O4S/c1-19-13-8-3-2-7-12(13)14(20)15(24(19,22)23)16(21)18-11-6-4-5-10(17)9-11/h2-9,15H,1H3,(H,18,21). The van der Waals surface area contributed by atoms with Crippen molar-refractivity contribution in [2.75, 3.05) is 16.7 Å². The highest BCUT2D eigenvalue weighted by Crippen LogP contribution is 2.32. The minimum atomic E-state index is -4.16. The second-order valence-electron chi connectivity index (χ2n) is 5.27. The van der Waals surface area contributed by atoms with Crippen molar-refractivity contribution in [2.45, 2.75) is 5.25 Å². The van der Waals surface area contributed by atoms with Gasteiger partial charge in [-0.3, -0.25) is 13.9 Å². The Balaban J connectivity index is 2.01. The summed E-state index contributed by atoms with van der Waals surface area (Å²) in [7, 11) is -2.84. The van der Waals surface area contributed by atoms with Crippen LogP contribution in [0.25, 0.3) is 0 Å². The summed E-state index contributed by atoms with van der Waals surface area (Å²) in [5.41, 5.74) is 0.771. The minimum absolute atomic E-state index is 0.195. The van der Waals surface area contributed by atoms with Crippen LogP contribution in [0.1, 0.15) is 10.4 Å². The van der Waals surface area contributed by atoms with Crippen molar-refractivity contribution in [2.24, 2.45) is 0 Å². The maximum Gasteiger partial charge on any atom is 0.254 e. The highest BCUT2D eigenvalue weighted by Gasteiger charge is 2.47. The maximum absolute atomic E-state index is 12.6. The van der Waals surface area contributed by atoms with Gasteiger partial charge in [-0.2, -0.15) is 0 Å². The van der Waals surface area contributed by atoms with Crippen LogP contribution >= 0.6 is 11.6 Å². The van der Waals surface area contributed by atoms with E-state index in [4.69, 9.17) is 11.6 Å². The van der Waals surface area contributed by atoms with Crippen LogP contribution in [0.3, 0.4) is 0 Å². The lowest BCUT2D eigenvalue weighted by atomic mass is 10.0. The molecule has 6 nitrogen and oxygen atoms in total. The summed E-state index contributed by atoms with van der Waals surface area (Å²) in [6.07, 6.45) is 0. The maximum atomic E-state index is 12.6. The van der Waals surface area contributed by atoms with E-state index in [1.807, 2.05) is 0 Å². The Hall–Kier alpha value is -2.38. The number of hydrogen-bond donors (Lipinski definition) is 1. The van der Waals surface area contributed by atoms with Crippen molar-refractivity contribution in [1.82, 2.24) is 0 Å². The zero-order chi connectivity index (χ0) is 17.5. The van der Waals surface area contributed by atoms with Gasteiger partial charge in [-0.05, 0) is 30.3 Å². The van der Waals surface area contributed by atoms with Gasteiger partial charge in [-0.25, -0.2) is 8.42 Å². The second kappa shape index (κ2) is 5.92. The molecule has 0 spiro atoms. The number of halogens is 1. The van der Waals surface area contributed by atoms with E-state index in [1.54, 1.807) is 30.3 Å². The van der Waals surface area contributed by atoms with Crippen molar-refractivity contribution in [3.63, 3.8) is 0 Å². The van der Waals surface area contributed by atoms with Crippen LogP contribution in [0.2, 0.25) is 5.02 Å². The molecule has 1 amide bonds. The van der Waals surface area contributed by atoms with Gasteiger partial charge in [0.15, 0.2) is 5.78 Å². The molecule has 1 heterocycles. The number of carbonyl (C=O) groups excluding carboxylic acids is 2. The molecule has 0 aliphatic carbocycles. The van der Waals surface area contributed by atoms with E-state index in [2.05, 4.69) is 5.32 Å². The van der Waals surface area contributed by atoms with Gasteiger partial charge in [0.05, 0.1) is 5.69 Å². The smallest absolute Gasteiger partial charge is 0.254 e. The molecule has 0 saturated carbocycles. The number of Topliss-reactive ketones (excluding diaryl/α,β-unsaturated/α-hetero) is 1. The van der Waals surface area contributed by atoms with Gasteiger partial charge in [0, 0.05) is 23.3 Å². The molecule has 24 heavy (non-hydrogen) atoms. The van der Waals surface area contributed by atoms with Gasteiger partial charge in [-0.15, -0.1) is 0 Å². The molecule has 0 saturated heterocycles. The SMILES string of the molecule is CN1c2ccccc2C(=O)C(C(=O)Nc2cccc(Cl)c2)S1(=O)=O. The fourth-order valence-corrected chi connectivity index (χ4v) is 4.22. The lowest BCUT2D eigenvalue weighted by Gasteiger charge is -2.31. The Kier molecular flexibility index (Phi) is 4.06. The zero-order valence-electron chi connectivity index (χ0n) is 12.6. The third-order valence-electron chi connectivity index (χ3n) is 3.76. The van der Waals surface area contributed by atoms with E-state index in [0.717, 1.165) is 4.31 Å². The summed E-state index contributed by atoms with van der Waals surface area (Å²) in [6, 6.07) is 12.5. The molecule has 2 aromatic carbocycles. The number of sulfonamides is 1. The normalized spacial score (nSPS) is 18.8. The number of ketones is 1. The molecule has 0 radical (unpaired) electrons. The third kappa shape index (κ3) is 2.65. The van der Waals surface area contributed by atoms with Crippen LogP contribution in [0.4, 0.5) is 11.4 Å². The summed E-state index contributed by atoms with van der Waals surface area (Å²) in [6.45, 7) is 0. The average Bonchev–Trinajstić information content (AvgIpc) is 2.53. The molecule has 0 aromatic heterocycles. The fourth-order valence-electron chi connectivity index (χ4n) is 2.56. The van der Waals surface area contributed by atoms with E-state index in [0.29, 0.717) is 10.7 Å². The van der Waals surface area contributed by atoms with Gasteiger partial charge in [0.25, 0.3) is 15.9 Å². The number of hydrogen-bond acceptors (Lipinski definition) is 4. The van der Waals surface area contributed by atoms with Gasteiger partial charge < -0.3 is 5.32 Å². The first-order valence-electron chi connectivity index (χ1n) is 7.00. The highest BCUT2D eigenvalue weighted by atomic mass is 35.5. The van der Waals surface area contributed by atoms with Crippen LogP contribution in [-0.4, -0.2) is 32.4 Å². The summed E-state index contributed by atoms with van der Waals surface area (Å²) >= 11 is 5.84. The molecule has 1 atom stereocenters. The molecule has 3 rings (SSSR count). The number of amides is 1. The quantitative estimate of drug-likeness (QED) is 0.829. The number of para-hydroxylation sites is 1. The zero-order valence-corrected chi connectivity index (χ0v) is 14.1. The first kappa shape index (κ1) is 16.5. The number of nitrogens with one attached hydrogen (secondary N) is 1. The number of nitrogens with zero attached hydrogens (tertiary/aromatic N) is 1. The molecule has 2 aromatic rings. The molecule has 1 unspecified atom stereocenters. The predicted octanol–water partition coefficient (Wildman–Crippen LogP) is 2.31. The Bertz CT molecular complexity index is 943. The Labute approximate surface area is 144 Å². The van der Waals surface area contributed by atoms with Crippen molar-refractivity contribution in [1.29, 1.82) is 0 Å². The number of benzene rings is 2. The molecule has 0 fully saturated rings. The first-order chi connectivity index (χ1) is 11.3. The topological polar surface area (TPSA) is 83.6 Å². The van der Waals surface area contributed by atoms with Gasteiger partial charge in [-0.1, -0.05) is 29.8 Å². The van der Waals surface area contributed by atoms with Gasteiger partial charge in [0.2, 0.25) is 5.25 Å². The fraction of sp³-hybridized carbons (Fsp3) is 0.125. The number of carbonyl (C=O) groups is 2. The Morgan fingerprint density at radius 3 is 2.58 bits per heavy atom. The Morgan fingerprint density at radius 1 is 1.17 bits per heavy atom. The molecule has 8 heteroatoms. The van der Waals surface area contributed by atoms with Crippen molar-refractivity contribution in [3.8, 4) is 0 Å². The van der Waals surface area contributed by atoms with Crippen LogP contribution in [-0.2, 0) is 14.8 Å². The minimum Gasteiger partial charge on any atom is -0.324 e. The van der Waals surface area contributed by atoms with Gasteiger partial charge >= 0.3 is 0 Å². The largest absolute Gasteiger partial charge is 0.324 e. The lowest BCUT2D eigenvalue weighted by Crippen LogP contribution is -2.51. The molecular weight excluding hydrogens is 352 g/mol. The van der Waals surface area contributed by atoms with Crippen molar-refractivity contribution in [3.05, 3.63) is 59.1 Å². The molecule has 1 aliphatic heterocycles. The van der Waals surface area contributed by atoms with E-state index in [1.165, 1.54) is 25.2 Å². The first-order valence-corrected chi connectivity index (χ1v) is 8.88. The number of rotatable bonds is 2. The average molecular weight is 365 g/mol. The van der Waals surface area contributed by atoms with E-state index in [-0.39, 0.29) is 11.3 Å². The van der Waals surface area contributed by atoms with Crippen LogP contribution in [0.15, 0.2) is 48.5 Å². The summed E-state index contributed by atoms with van der Waals surface area (Å²) in [4.78, 5) is 25.1. The van der Waals surface area contributed by atoms with Crippen LogP contribution in [0, 0.1) is 0 Å². The summed E-state index contributed by atoms with van der Waals surface area (Å²) in [5.74, 6) is -1.66. The van der Waals surface area contributed by atoms with Crippen LogP contribution in [0.5, 0.6) is 0 Å². The van der Waals surface area contributed by atoms with E-state index in [9.17, 15) is 18.0 Å².